The van der Waals surface area contributed by atoms with E-state index in [0.717, 1.165) is 18.7 Å². The van der Waals surface area contributed by atoms with Gasteiger partial charge in [0.2, 0.25) is 0 Å². The number of hydrogen-bond donors (Lipinski definition) is 1. The fraction of sp³-hybridized carbons (Fsp3) is 0.300. The van der Waals surface area contributed by atoms with E-state index in [4.69, 9.17) is 0 Å². The van der Waals surface area contributed by atoms with Crippen LogP contribution in [0.5, 0.6) is 0 Å². The van der Waals surface area contributed by atoms with Crippen LogP contribution in [0.3, 0.4) is 0 Å². The highest BCUT2D eigenvalue weighted by Crippen LogP contribution is 2.08. The van der Waals surface area contributed by atoms with Gasteiger partial charge in [-0.05, 0) is 19.2 Å². The molecule has 13 heavy (non-hydrogen) atoms. The molecule has 3 nitrogen and oxygen atoms in total. The van der Waals surface area contributed by atoms with Gasteiger partial charge in [-0.15, -0.1) is 0 Å². The number of imidazole rings is 1. The lowest BCUT2D eigenvalue weighted by molar-refractivity contribution is 0.783. The van der Waals surface area contributed by atoms with Crippen LogP contribution in [0.4, 0.5) is 0 Å². The van der Waals surface area contributed by atoms with Crippen LogP contribution in [0.2, 0.25) is 0 Å². The van der Waals surface area contributed by atoms with Crippen LogP contribution in [0.1, 0.15) is 5.69 Å². The van der Waals surface area contributed by atoms with Gasteiger partial charge in [0.15, 0.2) is 0 Å². The van der Waals surface area contributed by atoms with Crippen LogP contribution in [0, 0.1) is 0 Å². The van der Waals surface area contributed by atoms with Gasteiger partial charge in [0, 0.05) is 19.2 Å². The van der Waals surface area contributed by atoms with Gasteiger partial charge >= 0.3 is 0 Å². The maximum atomic E-state index is 4.36. The number of nitrogens with one attached hydrogen (secondary N) is 1. The van der Waals surface area contributed by atoms with E-state index in [1.54, 1.807) is 0 Å². The zero-order valence-electron chi connectivity index (χ0n) is 7.70. The smallest absolute Gasteiger partial charge is 0.0995 e. The third-order valence-corrected chi connectivity index (χ3v) is 2.14. The van der Waals surface area contributed by atoms with E-state index in [1.807, 2.05) is 36.1 Å². The number of aromatic nitrogens is 2. The Labute approximate surface area is 77.4 Å². The van der Waals surface area contributed by atoms with E-state index in [-0.39, 0.29) is 0 Å². The predicted molar refractivity (Wildman–Crippen MR) is 52.8 cm³/mol. The first-order valence-corrected chi connectivity index (χ1v) is 4.47. The molecule has 3 heteroatoms. The Bertz CT molecular complexity index is 392. The molecule has 2 aromatic rings. The Morgan fingerprint density at radius 1 is 1.46 bits per heavy atom. The summed E-state index contributed by atoms with van der Waals surface area (Å²) in [6.45, 7) is 0.974. The summed E-state index contributed by atoms with van der Waals surface area (Å²) in [5.41, 5.74) is 2.37. The highest BCUT2D eigenvalue weighted by Gasteiger charge is 2.01. The molecule has 0 amide bonds. The molecule has 0 aliphatic heterocycles. The predicted octanol–water partition coefficient (Wildman–Crippen LogP) is 1.10. The van der Waals surface area contributed by atoms with Gasteiger partial charge < -0.3 is 9.72 Å². The number of fused-ring (bicyclic) bond motifs is 1. The largest absolute Gasteiger partial charge is 0.319 e. The molecule has 0 atom stereocenters. The Balaban J connectivity index is 2.35. The summed E-state index contributed by atoms with van der Waals surface area (Å²) in [5.74, 6) is 0. The van der Waals surface area contributed by atoms with Crippen LogP contribution >= 0.6 is 0 Å². The normalized spacial score (nSPS) is 10.8. The Morgan fingerprint density at radius 3 is 3.23 bits per heavy atom. The van der Waals surface area contributed by atoms with Crippen molar-refractivity contribution < 1.29 is 0 Å². The lowest BCUT2D eigenvalue weighted by Gasteiger charge is -1.97. The van der Waals surface area contributed by atoms with Crippen LogP contribution in [-0.2, 0) is 6.42 Å². The fourth-order valence-corrected chi connectivity index (χ4v) is 1.44. The zero-order valence-corrected chi connectivity index (χ0v) is 7.70. The standard InChI is InChI=1S/C10H13N3/c1-11-6-5-9-10-4-2-3-7-13(10)8-12-9/h2-4,7-8,11H,5-6H2,1H3. The molecule has 0 aromatic carbocycles. The number of likely N-dealkylation sites (N-methyl/N-ethyl adjacent to an activating group) is 1. The molecular weight excluding hydrogens is 162 g/mol. The SMILES string of the molecule is CNCCc1ncn2ccccc12. The number of hydrogen-bond acceptors (Lipinski definition) is 2. The lowest BCUT2D eigenvalue weighted by atomic mass is 10.2. The van der Waals surface area contributed by atoms with Crippen molar-refractivity contribution >= 4 is 5.52 Å². The molecule has 0 aliphatic rings. The maximum Gasteiger partial charge on any atom is 0.0995 e. The second kappa shape index (κ2) is 3.58. The zero-order chi connectivity index (χ0) is 9.10. The molecule has 0 bridgehead atoms. The van der Waals surface area contributed by atoms with Crippen LogP contribution in [0.25, 0.3) is 5.52 Å². The highest BCUT2D eigenvalue weighted by atomic mass is 15.0. The number of nitrogens with zero attached hydrogens (tertiary/aromatic N) is 2. The van der Waals surface area contributed by atoms with Crippen molar-refractivity contribution in [2.75, 3.05) is 13.6 Å². The average Bonchev–Trinajstić information content (AvgIpc) is 2.58. The van der Waals surface area contributed by atoms with Crippen molar-refractivity contribution in [2.45, 2.75) is 6.42 Å². The van der Waals surface area contributed by atoms with Crippen LogP contribution in [-0.4, -0.2) is 23.0 Å². The summed E-state index contributed by atoms with van der Waals surface area (Å²) in [6, 6.07) is 6.15. The average molecular weight is 175 g/mol. The molecular formula is C10H13N3. The number of rotatable bonds is 3. The summed E-state index contributed by atoms with van der Waals surface area (Å²) < 4.78 is 2.05. The molecule has 2 heterocycles. The van der Waals surface area contributed by atoms with Gasteiger partial charge in [0.05, 0.1) is 17.5 Å². The molecule has 0 fully saturated rings. The lowest BCUT2D eigenvalue weighted by Crippen LogP contribution is -2.10. The Kier molecular flexibility index (Phi) is 2.27. The third-order valence-electron chi connectivity index (χ3n) is 2.14. The van der Waals surface area contributed by atoms with Crippen LogP contribution < -0.4 is 5.32 Å². The molecule has 0 saturated carbocycles. The van der Waals surface area contributed by atoms with Gasteiger partial charge in [-0.3, -0.25) is 0 Å². The molecule has 0 unspecified atom stereocenters. The van der Waals surface area contributed by atoms with Gasteiger partial charge in [0.1, 0.15) is 0 Å². The summed E-state index contributed by atoms with van der Waals surface area (Å²) in [7, 11) is 1.96. The monoisotopic (exact) mass is 175 g/mol. The van der Waals surface area contributed by atoms with E-state index in [0.29, 0.717) is 0 Å². The second-order valence-corrected chi connectivity index (χ2v) is 3.04. The number of pyridine rings is 1. The minimum Gasteiger partial charge on any atom is -0.319 e. The summed E-state index contributed by atoms with van der Waals surface area (Å²) in [5, 5.41) is 3.12. The Hall–Kier alpha value is -1.35. The topological polar surface area (TPSA) is 29.3 Å². The molecule has 0 aliphatic carbocycles. The molecule has 0 radical (unpaired) electrons. The molecule has 2 rings (SSSR count). The maximum absolute atomic E-state index is 4.36. The summed E-state index contributed by atoms with van der Waals surface area (Å²) >= 11 is 0. The Morgan fingerprint density at radius 2 is 2.38 bits per heavy atom. The van der Waals surface area contributed by atoms with Crippen LogP contribution in [0.15, 0.2) is 30.7 Å². The third kappa shape index (κ3) is 1.55. The van der Waals surface area contributed by atoms with Gasteiger partial charge in [-0.1, -0.05) is 6.07 Å². The van der Waals surface area contributed by atoms with Crippen molar-refractivity contribution in [1.29, 1.82) is 0 Å². The molecule has 0 saturated heterocycles. The van der Waals surface area contributed by atoms with E-state index < -0.39 is 0 Å². The fourth-order valence-electron chi connectivity index (χ4n) is 1.44. The van der Waals surface area contributed by atoms with E-state index in [1.165, 1.54) is 5.52 Å². The van der Waals surface area contributed by atoms with Gasteiger partial charge in [-0.2, -0.15) is 0 Å². The minimum absolute atomic E-state index is 0.974. The quantitative estimate of drug-likeness (QED) is 0.756. The van der Waals surface area contributed by atoms with Crippen molar-refractivity contribution in [2.24, 2.45) is 0 Å². The van der Waals surface area contributed by atoms with Crippen molar-refractivity contribution in [3.8, 4) is 0 Å². The first-order valence-electron chi connectivity index (χ1n) is 4.47. The molecule has 0 spiro atoms. The van der Waals surface area contributed by atoms with Crippen molar-refractivity contribution in [1.82, 2.24) is 14.7 Å². The van der Waals surface area contributed by atoms with Gasteiger partial charge in [-0.25, -0.2) is 4.98 Å². The van der Waals surface area contributed by atoms with E-state index in [2.05, 4.69) is 16.4 Å². The molecule has 2 aromatic heterocycles. The molecule has 68 valence electrons. The minimum atomic E-state index is 0.974. The summed E-state index contributed by atoms with van der Waals surface area (Å²) in [4.78, 5) is 4.36. The van der Waals surface area contributed by atoms with Crippen molar-refractivity contribution in [3.05, 3.63) is 36.4 Å². The van der Waals surface area contributed by atoms with E-state index in [9.17, 15) is 0 Å². The first-order chi connectivity index (χ1) is 6.42. The molecule has 1 N–H and O–H groups in total. The van der Waals surface area contributed by atoms with Gasteiger partial charge in [0.25, 0.3) is 0 Å². The second-order valence-electron chi connectivity index (χ2n) is 3.04. The first kappa shape index (κ1) is 8.26. The summed E-state index contributed by atoms with van der Waals surface area (Å²) in [6.07, 6.45) is 4.86. The van der Waals surface area contributed by atoms with Crippen molar-refractivity contribution in [3.63, 3.8) is 0 Å². The van der Waals surface area contributed by atoms with E-state index >= 15 is 0 Å². The highest BCUT2D eigenvalue weighted by molar-refractivity contribution is 5.51.